The molecule has 214 valence electrons. The summed E-state index contributed by atoms with van der Waals surface area (Å²) < 4.78 is 0. The van der Waals surface area contributed by atoms with Crippen LogP contribution in [-0.2, 0) is 9.59 Å². The van der Waals surface area contributed by atoms with Gasteiger partial charge in [0.1, 0.15) is 0 Å². The molecule has 0 bridgehead atoms. The Morgan fingerprint density at radius 2 is 1.61 bits per heavy atom. The predicted octanol–water partition coefficient (Wildman–Crippen LogP) is 3.21. The van der Waals surface area contributed by atoms with E-state index in [1.807, 2.05) is 6.92 Å². The lowest BCUT2D eigenvalue weighted by molar-refractivity contribution is -0.256. The number of aliphatic hydroxyl groups is 4. The van der Waals surface area contributed by atoms with Crippen LogP contribution >= 0.6 is 0 Å². The molecule has 12 atom stereocenters. The number of rotatable bonds is 3. The molecule has 38 heavy (non-hydrogen) atoms. The minimum Gasteiger partial charge on any atom is -0.481 e. The van der Waals surface area contributed by atoms with Crippen molar-refractivity contribution in [3.63, 3.8) is 0 Å². The smallest absolute Gasteiger partial charge is 0.312 e. The van der Waals surface area contributed by atoms with Gasteiger partial charge in [-0.15, -0.1) is 0 Å². The fraction of sp³-hybridized carbons (Fsp3) is 0.867. The van der Waals surface area contributed by atoms with Crippen molar-refractivity contribution in [3.05, 3.63) is 11.6 Å². The van der Waals surface area contributed by atoms with Crippen LogP contribution in [0, 0.1) is 50.7 Å². The molecule has 0 radical (unpaired) electrons. The first kappa shape index (κ1) is 28.1. The van der Waals surface area contributed by atoms with E-state index in [0.717, 1.165) is 5.57 Å². The van der Waals surface area contributed by atoms with Gasteiger partial charge in [-0.2, -0.15) is 0 Å². The van der Waals surface area contributed by atoms with Crippen LogP contribution in [0.2, 0.25) is 0 Å². The maximum atomic E-state index is 12.9. The second-order valence-corrected chi connectivity index (χ2v) is 14.5. The predicted molar refractivity (Wildman–Crippen MR) is 139 cm³/mol. The van der Waals surface area contributed by atoms with Crippen LogP contribution in [0.25, 0.3) is 0 Å². The van der Waals surface area contributed by atoms with Crippen molar-refractivity contribution >= 4 is 11.9 Å². The molecule has 5 aliphatic carbocycles. The molecule has 0 amide bonds. The fourth-order valence-electron chi connectivity index (χ4n) is 10.9. The summed E-state index contributed by atoms with van der Waals surface area (Å²) in [5, 5.41) is 65.6. The Bertz CT molecular complexity index is 1070. The lowest BCUT2D eigenvalue weighted by atomic mass is 9.32. The zero-order chi connectivity index (χ0) is 28.3. The van der Waals surface area contributed by atoms with Crippen LogP contribution in [0.3, 0.4) is 0 Å². The van der Waals surface area contributed by atoms with Crippen molar-refractivity contribution in [2.45, 2.75) is 104 Å². The molecule has 8 heteroatoms. The normalized spacial score (nSPS) is 56.0. The van der Waals surface area contributed by atoms with Gasteiger partial charge in [-0.25, -0.2) is 0 Å². The number of allylic oxidation sites excluding steroid dienone is 1. The van der Waals surface area contributed by atoms with Crippen molar-refractivity contribution in [2.75, 3.05) is 6.61 Å². The molecule has 4 fully saturated rings. The van der Waals surface area contributed by atoms with Gasteiger partial charge in [-0.3, -0.25) is 9.59 Å². The lowest BCUT2D eigenvalue weighted by Crippen LogP contribution is -2.71. The van der Waals surface area contributed by atoms with Crippen LogP contribution in [0.4, 0.5) is 0 Å². The number of carbonyl (C=O) groups is 2. The SMILES string of the molecule is CC1CCC2(C(=O)O)CCC3(C)C(=CCC4C5(CO)CC(O)C(O)C(C)(C(=O)O)C5CCC43C)C2C1(C)O. The molecule has 6 N–H and O–H groups in total. The Morgan fingerprint density at radius 1 is 0.947 bits per heavy atom. The van der Waals surface area contributed by atoms with E-state index in [1.54, 1.807) is 6.92 Å². The first-order valence-corrected chi connectivity index (χ1v) is 14.4. The van der Waals surface area contributed by atoms with Crippen LogP contribution in [0.1, 0.15) is 86.0 Å². The van der Waals surface area contributed by atoms with E-state index >= 15 is 0 Å². The topological polar surface area (TPSA) is 156 Å². The Balaban J connectivity index is 1.68. The minimum absolute atomic E-state index is 0.0560. The molecular weight excluding hydrogens is 488 g/mol. The van der Waals surface area contributed by atoms with E-state index in [9.17, 15) is 40.2 Å². The first-order chi connectivity index (χ1) is 17.5. The van der Waals surface area contributed by atoms with Crippen LogP contribution < -0.4 is 0 Å². The summed E-state index contributed by atoms with van der Waals surface area (Å²) in [5.41, 5.74) is -4.60. The molecule has 0 aromatic rings. The molecule has 5 aliphatic rings. The second kappa shape index (κ2) is 8.27. The highest BCUT2D eigenvalue weighted by Crippen LogP contribution is 2.76. The third-order valence-corrected chi connectivity index (χ3v) is 13.6. The third kappa shape index (κ3) is 3.01. The Morgan fingerprint density at radius 3 is 2.18 bits per heavy atom. The van der Waals surface area contributed by atoms with E-state index in [-0.39, 0.29) is 24.9 Å². The van der Waals surface area contributed by atoms with Crippen molar-refractivity contribution < 1.29 is 40.2 Å². The van der Waals surface area contributed by atoms with E-state index in [2.05, 4.69) is 19.9 Å². The molecule has 0 heterocycles. The summed E-state index contributed by atoms with van der Waals surface area (Å²) >= 11 is 0. The maximum absolute atomic E-state index is 12.9. The van der Waals surface area contributed by atoms with Crippen LogP contribution in [-0.4, -0.2) is 67.0 Å². The molecule has 4 saturated carbocycles. The van der Waals surface area contributed by atoms with Crippen molar-refractivity contribution in [1.29, 1.82) is 0 Å². The number of hydrogen-bond donors (Lipinski definition) is 6. The summed E-state index contributed by atoms with van der Waals surface area (Å²) in [5.74, 6) is -3.28. The molecule has 0 aromatic heterocycles. The van der Waals surface area contributed by atoms with E-state index in [0.29, 0.717) is 44.9 Å². The number of fused-ring (bicyclic) bond motifs is 7. The summed E-state index contributed by atoms with van der Waals surface area (Å²) in [4.78, 5) is 25.4. The molecule has 5 rings (SSSR count). The van der Waals surface area contributed by atoms with Crippen molar-refractivity contribution in [3.8, 4) is 0 Å². The molecule has 0 saturated heterocycles. The summed E-state index contributed by atoms with van der Waals surface area (Å²) in [6.07, 6.45) is 3.44. The van der Waals surface area contributed by atoms with Crippen molar-refractivity contribution in [1.82, 2.24) is 0 Å². The lowest BCUT2D eigenvalue weighted by Gasteiger charge is -2.72. The largest absolute Gasteiger partial charge is 0.481 e. The van der Waals surface area contributed by atoms with Crippen LogP contribution in [0.5, 0.6) is 0 Å². The number of carboxylic acid groups (broad SMARTS) is 2. The first-order valence-electron chi connectivity index (χ1n) is 14.4. The quantitative estimate of drug-likeness (QED) is 0.302. The van der Waals surface area contributed by atoms with E-state index in [1.165, 1.54) is 6.92 Å². The van der Waals surface area contributed by atoms with Gasteiger partial charge in [0.15, 0.2) is 0 Å². The van der Waals surface area contributed by atoms with E-state index < -0.39 is 68.7 Å². The van der Waals surface area contributed by atoms with Gasteiger partial charge >= 0.3 is 11.9 Å². The molecule has 0 aliphatic heterocycles. The monoisotopic (exact) mass is 534 g/mol. The highest BCUT2D eigenvalue weighted by molar-refractivity contribution is 5.77. The fourth-order valence-corrected chi connectivity index (χ4v) is 10.9. The number of aliphatic carboxylic acids is 2. The highest BCUT2D eigenvalue weighted by atomic mass is 16.4. The number of aliphatic hydroxyl groups excluding tert-OH is 3. The third-order valence-electron chi connectivity index (χ3n) is 13.6. The molecule has 0 spiro atoms. The van der Waals surface area contributed by atoms with Gasteiger partial charge in [0, 0.05) is 17.9 Å². The number of carboxylic acids is 2. The summed E-state index contributed by atoms with van der Waals surface area (Å²) in [6, 6.07) is 0. The average molecular weight is 535 g/mol. The van der Waals surface area contributed by atoms with Gasteiger partial charge in [-0.05, 0) is 93.8 Å². The standard InChI is InChI=1S/C30H46O8/c1-16-8-11-29(24(36)37)13-12-25(2)17(21(29)28(16,5)38)6-7-19-26(25,3)10-9-20-27(4,23(34)35)22(33)18(32)14-30(19,20)15-31/h6,16,18-22,31-33,38H,7-15H2,1-5H3,(H,34,35)(H,36,37). The van der Waals surface area contributed by atoms with Crippen molar-refractivity contribution in [2.24, 2.45) is 50.7 Å². The van der Waals surface area contributed by atoms with Crippen LogP contribution in [0.15, 0.2) is 11.6 Å². The maximum Gasteiger partial charge on any atom is 0.312 e. The number of hydrogen-bond acceptors (Lipinski definition) is 6. The molecule has 8 nitrogen and oxygen atoms in total. The Kier molecular flexibility index (Phi) is 6.11. The van der Waals surface area contributed by atoms with Gasteiger partial charge in [0.25, 0.3) is 0 Å². The highest BCUT2D eigenvalue weighted by Gasteiger charge is 2.74. The Labute approximate surface area is 225 Å². The molecule has 12 unspecified atom stereocenters. The Hall–Kier alpha value is -1.48. The van der Waals surface area contributed by atoms with Gasteiger partial charge in [0.05, 0.1) is 28.6 Å². The van der Waals surface area contributed by atoms with Gasteiger partial charge < -0.3 is 30.6 Å². The zero-order valence-corrected chi connectivity index (χ0v) is 23.4. The average Bonchev–Trinajstić information content (AvgIpc) is 2.84. The second-order valence-electron chi connectivity index (χ2n) is 14.5. The van der Waals surface area contributed by atoms with Gasteiger partial charge in [-0.1, -0.05) is 32.4 Å². The van der Waals surface area contributed by atoms with E-state index in [4.69, 9.17) is 0 Å². The summed E-state index contributed by atoms with van der Waals surface area (Å²) in [6.45, 7) is 9.39. The molecular formula is C30H46O8. The van der Waals surface area contributed by atoms with Gasteiger partial charge in [0.2, 0.25) is 0 Å². The summed E-state index contributed by atoms with van der Waals surface area (Å²) in [7, 11) is 0. The molecule has 0 aromatic carbocycles. The zero-order valence-electron chi connectivity index (χ0n) is 23.4. The minimum atomic E-state index is -1.60.